The van der Waals surface area contributed by atoms with Crippen molar-refractivity contribution < 1.29 is 53.3 Å². The van der Waals surface area contributed by atoms with Crippen LogP contribution in [0.3, 0.4) is 0 Å². The molecule has 0 unspecified atom stereocenters. The number of rotatable bonds is 8. The number of amides is 1. The van der Waals surface area contributed by atoms with Gasteiger partial charge in [0.25, 0.3) is 5.91 Å². The summed E-state index contributed by atoms with van der Waals surface area (Å²) < 4.78 is 110. The number of hydrogen-bond donors (Lipinski definition) is 1. The van der Waals surface area contributed by atoms with Crippen molar-refractivity contribution in [3.63, 3.8) is 0 Å². The third-order valence-electron chi connectivity index (χ3n) is 6.93. The van der Waals surface area contributed by atoms with Crippen molar-refractivity contribution in [2.75, 3.05) is 6.54 Å². The van der Waals surface area contributed by atoms with Crippen LogP contribution in [0.15, 0.2) is 48.5 Å². The normalized spacial score (nSPS) is 20.1. The molecule has 3 rings (SSSR count). The third kappa shape index (κ3) is 8.17. The highest BCUT2D eigenvalue weighted by Gasteiger charge is 2.49. The van der Waals surface area contributed by atoms with E-state index in [0.717, 1.165) is 12.1 Å². The van der Waals surface area contributed by atoms with E-state index in [1.54, 1.807) is 32.9 Å². The molecule has 1 N–H and O–H groups in total. The van der Waals surface area contributed by atoms with Crippen molar-refractivity contribution in [1.82, 2.24) is 5.32 Å². The standard InChI is InChI=1S/C28H31F6NO6S/c1-25(2,3)40-23(36)14-17-35-24(37)18-4-6-19(7-5-18)26(15-12-21(13-16-26)27(29,30)31)20-8-10-22(11-9-20)41-42(38,39)28(32,33)34/h4-11,21H,12-17H2,1-3H3,(H,35,37). The highest BCUT2D eigenvalue weighted by molar-refractivity contribution is 7.88. The monoisotopic (exact) mass is 623 g/mol. The molecular weight excluding hydrogens is 592 g/mol. The zero-order valence-electron chi connectivity index (χ0n) is 23.1. The zero-order valence-corrected chi connectivity index (χ0v) is 23.9. The second-order valence-electron chi connectivity index (χ2n) is 11.1. The van der Waals surface area contributed by atoms with Crippen molar-refractivity contribution in [3.05, 3.63) is 65.2 Å². The van der Waals surface area contributed by atoms with Gasteiger partial charge in [-0.2, -0.15) is 34.8 Å². The van der Waals surface area contributed by atoms with Crippen molar-refractivity contribution in [3.8, 4) is 5.75 Å². The summed E-state index contributed by atoms with van der Waals surface area (Å²) in [6.45, 7) is 5.17. The summed E-state index contributed by atoms with van der Waals surface area (Å²) in [7, 11) is -5.90. The molecule has 42 heavy (non-hydrogen) atoms. The third-order valence-corrected chi connectivity index (χ3v) is 7.91. The molecule has 7 nitrogen and oxygen atoms in total. The van der Waals surface area contributed by atoms with E-state index < -0.39 is 56.4 Å². The maximum Gasteiger partial charge on any atom is 0.534 e. The molecular formula is C28H31F6NO6S. The van der Waals surface area contributed by atoms with Gasteiger partial charge in [0.2, 0.25) is 0 Å². The lowest BCUT2D eigenvalue weighted by Gasteiger charge is -2.42. The van der Waals surface area contributed by atoms with E-state index in [2.05, 4.69) is 9.50 Å². The lowest BCUT2D eigenvalue weighted by molar-refractivity contribution is -0.184. The smallest absolute Gasteiger partial charge is 0.460 e. The number of nitrogens with one attached hydrogen (secondary N) is 1. The summed E-state index contributed by atoms with van der Waals surface area (Å²) in [5.74, 6) is -3.09. The number of carbonyl (C=O) groups excluding carboxylic acids is 2. The Hall–Kier alpha value is -3.29. The first-order valence-electron chi connectivity index (χ1n) is 13.0. The van der Waals surface area contributed by atoms with Gasteiger partial charge in [0, 0.05) is 17.5 Å². The summed E-state index contributed by atoms with van der Waals surface area (Å²) in [6.07, 6.45) is -4.78. The van der Waals surface area contributed by atoms with E-state index in [9.17, 15) is 44.3 Å². The summed E-state index contributed by atoms with van der Waals surface area (Å²) in [5, 5.41) is 2.61. The van der Waals surface area contributed by atoms with Gasteiger partial charge < -0.3 is 14.2 Å². The number of carbonyl (C=O) groups is 2. The number of benzene rings is 2. The van der Waals surface area contributed by atoms with Crippen molar-refractivity contribution in [2.24, 2.45) is 5.92 Å². The predicted octanol–water partition coefficient (Wildman–Crippen LogP) is 6.42. The first-order chi connectivity index (χ1) is 19.2. The molecule has 1 amide bonds. The summed E-state index contributed by atoms with van der Waals surface area (Å²) in [4.78, 5) is 24.4. The fourth-order valence-electron chi connectivity index (χ4n) is 4.90. The minimum atomic E-state index is -5.90. The maximum atomic E-state index is 13.4. The molecule has 0 spiro atoms. The van der Waals surface area contributed by atoms with Gasteiger partial charge >= 0.3 is 27.8 Å². The SMILES string of the molecule is CC(C)(C)OC(=O)CCNC(=O)c1ccc(C2(c3ccc(OS(=O)(=O)C(F)(F)F)cc3)CCC(C(F)(F)F)CC2)cc1. The number of ether oxygens (including phenoxy) is 1. The Kier molecular flexibility index (Phi) is 9.60. The van der Waals surface area contributed by atoms with Gasteiger partial charge in [-0.15, -0.1) is 0 Å². The second-order valence-corrected chi connectivity index (χ2v) is 12.6. The first kappa shape index (κ1) is 33.2. The van der Waals surface area contributed by atoms with Crippen molar-refractivity contribution in [2.45, 2.75) is 75.6 Å². The molecule has 14 heteroatoms. The minimum absolute atomic E-state index is 0.0245. The average molecular weight is 624 g/mol. The van der Waals surface area contributed by atoms with Crippen LogP contribution in [0.2, 0.25) is 0 Å². The van der Waals surface area contributed by atoms with Crippen LogP contribution in [0.1, 0.15) is 74.4 Å². The van der Waals surface area contributed by atoms with E-state index in [-0.39, 0.29) is 44.2 Å². The fraction of sp³-hybridized carbons (Fsp3) is 0.500. The van der Waals surface area contributed by atoms with Crippen LogP contribution in [-0.2, 0) is 25.1 Å². The summed E-state index contributed by atoms with van der Waals surface area (Å²) in [6, 6.07) is 10.8. The second kappa shape index (κ2) is 12.1. The Bertz CT molecular complexity index is 1360. The topological polar surface area (TPSA) is 98.8 Å². The molecule has 0 saturated heterocycles. The first-order valence-corrected chi connectivity index (χ1v) is 14.4. The van der Waals surface area contributed by atoms with Gasteiger partial charge in [0.1, 0.15) is 11.4 Å². The highest BCUT2D eigenvalue weighted by Crippen LogP contribution is 2.50. The molecule has 0 aliphatic heterocycles. The average Bonchev–Trinajstić information content (AvgIpc) is 2.87. The Balaban J connectivity index is 1.82. The van der Waals surface area contributed by atoms with E-state index >= 15 is 0 Å². The van der Waals surface area contributed by atoms with Crippen molar-refractivity contribution >= 4 is 22.0 Å². The van der Waals surface area contributed by atoms with E-state index in [0.29, 0.717) is 11.1 Å². The molecule has 232 valence electrons. The molecule has 0 heterocycles. The van der Waals surface area contributed by atoms with Crippen LogP contribution in [-0.4, -0.2) is 44.1 Å². The molecule has 0 radical (unpaired) electrons. The molecule has 0 bridgehead atoms. The molecule has 0 aromatic heterocycles. The van der Waals surface area contributed by atoms with Gasteiger partial charge in [-0.05, 0) is 81.8 Å². The fourth-order valence-corrected chi connectivity index (χ4v) is 5.36. The number of alkyl halides is 6. The Labute approximate surface area is 239 Å². The Morgan fingerprint density at radius 1 is 0.881 bits per heavy atom. The van der Waals surface area contributed by atoms with Crippen LogP contribution in [0, 0.1) is 5.92 Å². The van der Waals surface area contributed by atoms with Crippen LogP contribution < -0.4 is 9.50 Å². The maximum absolute atomic E-state index is 13.4. The molecule has 1 fully saturated rings. The number of halogens is 6. The lowest BCUT2D eigenvalue weighted by Crippen LogP contribution is -2.37. The van der Waals surface area contributed by atoms with Gasteiger partial charge in [-0.3, -0.25) is 9.59 Å². The molecule has 1 aliphatic carbocycles. The zero-order chi connectivity index (χ0) is 31.6. The number of hydrogen-bond acceptors (Lipinski definition) is 6. The minimum Gasteiger partial charge on any atom is -0.460 e. The lowest BCUT2D eigenvalue weighted by atomic mass is 9.63. The van der Waals surface area contributed by atoms with E-state index in [4.69, 9.17) is 4.74 Å². The largest absolute Gasteiger partial charge is 0.534 e. The van der Waals surface area contributed by atoms with E-state index in [1.807, 2.05) is 0 Å². The quantitative estimate of drug-likeness (QED) is 0.158. The molecule has 2 aromatic carbocycles. The summed E-state index contributed by atoms with van der Waals surface area (Å²) in [5.41, 5.74) is -6.02. The van der Waals surface area contributed by atoms with Crippen molar-refractivity contribution in [1.29, 1.82) is 0 Å². The van der Waals surface area contributed by atoms with Crippen LogP contribution in [0.4, 0.5) is 26.3 Å². The van der Waals surface area contributed by atoms with E-state index in [1.165, 1.54) is 24.3 Å². The molecule has 2 aromatic rings. The Morgan fingerprint density at radius 2 is 1.38 bits per heavy atom. The molecule has 0 atom stereocenters. The molecule has 1 saturated carbocycles. The van der Waals surface area contributed by atoms with Crippen LogP contribution in [0.25, 0.3) is 0 Å². The van der Waals surface area contributed by atoms with Crippen LogP contribution >= 0.6 is 0 Å². The van der Waals surface area contributed by atoms with Gasteiger partial charge in [-0.1, -0.05) is 24.3 Å². The molecule has 1 aliphatic rings. The predicted molar refractivity (Wildman–Crippen MR) is 140 cm³/mol. The summed E-state index contributed by atoms with van der Waals surface area (Å²) >= 11 is 0. The van der Waals surface area contributed by atoms with Gasteiger partial charge in [0.15, 0.2) is 0 Å². The van der Waals surface area contributed by atoms with Gasteiger partial charge in [0.05, 0.1) is 12.3 Å². The van der Waals surface area contributed by atoms with Gasteiger partial charge in [-0.25, -0.2) is 0 Å². The highest BCUT2D eigenvalue weighted by atomic mass is 32.2. The van der Waals surface area contributed by atoms with Crippen LogP contribution in [0.5, 0.6) is 5.75 Å². The number of esters is 1. The Morgan fingerprint density at radius 3 is 1.83 bits per heavy atom.